The molecule has 1 fully saturated rings. The van der Waals surface area contributed by atoms with Crippen LogP contribution in [0.5, 0.6) is 11.5 Å². The van der Waals surface area contributed by atoms with Gasteiger partial charge in [-0.15, -0.1) is 0 Å². The monoisotopic (exact) mass is 350 g/mol. The number of amides is 2. The molecule has 1 saturated heterocycles. The van der Waals surface area contributed by atoms with E-state index in [4.69, 9.17) is 19.9 Å². The van der Waals surface area contributed by atoms with Crippen molar-refractivity contribution in [2.45, 2.75) is 25.3 Å². The predicted octanol–water partition coefficient (Wildman–Crippen LogP) is 0.727. The first-order valence-electron chi connectivity index (χ1n) is 7.96. The molecule has 1 heterocycles. The van der Waals surface area contributed by atoms with Crippen molar-refractivity contribution >= 4 is 17.8 Å². The molecule has 1 aliphatic rings. The molecule has 0 bridgehead atoms. The molecule has 25 heavy (non-hydrogen) atoms. The van der Waals surface area contributed by atoms with Crippen LogP contribution < -0.4 is 15.2 Å². The molecule has 1 aromatic carbocycles. The molecule has 1 aromatic rings. The number of carbonyl (C=O) groups is 3. The lowest BCUT2D eigenvalue weighted by Gasteiger charge is -2.33. The van der Waals surface area contributed by atoms with Gasteiger partial charge in [-0.1, -0.05) is 6.07 Å². The smallest absolute Gasteiger partial charge is 0.346 e. The molecule has 1 atom stereocenters. The van der Waals surface area contributed by atoms with Crippen LogP contribution in [0.1, 0.15) is 29.6 Å². The topological polar surface area (TPSA) is 108 Å². The molecule has 0 spiro atoms. The SMILES string of the molecule is COc1cccc(OC)c1C(=O)OCC(=O)N1CCCC[C@H]1C(N)=O. The summed E-state index contributed by atoms with van der Waals surface area (Å²) < 4.78 is 15.4. The van der Waals surface area contributed by atoms with Gasteiger partial charge in [0.05, 0.1) is 14.2 Å². The maximum absolute atomic E-state index is 12.4. The normalized spacial score (nSPS) is 16.9. The molecular weight excluding hydrogens is 328 g/mol. The fraction of sp³-hybridized carbons (Fsp3) is 0.471. The summed E-state index contributed by atoms with van der Waals surface area (Å²) in [6, 6.07) is 4.20. The Morgan fingerprint density at radius 1 is 1.16 bits per heavy atom. The molecular formula is C17H22N2O6. The average Bonchev–Trinajstić information content (AvgIpc) is 2.64. The Kier molecular flexibility index (Phi) is 6.21. The Bertz CT molecular complexity index is 638. The first-order chi connectivity index (χ1) is 12.0. The third kappa shape index (κ3) is 4.20. The summed E-state index contributed by atoms with van der Waals surface area (Å²) in [5.74, 6) is -1.18. The van der Waals surface area contributed by atoms with Gasteiger partial charge in [-0.3, -0.25) is 9.59 Å². The minimum Gasteiger partial charge on any atom is -0.496 e. The summed E-state index contributed by atoms with van der Waals surface area (Å²) in [4.78, 5) is 37.6. The van der Waals surface area contributed by atoms with Gasteiger partial charge in [-0.2, -0.15) is 0 Å². The van der Waals surface area contributed by atoms with Crippen molar-refractivity contribution in [3.05, 3.63) is 23.8 Å². The maximum atomic E-state index is 12.4. The fourth-order valence-corrected chi connectivity index (χ4v) is 2.86. The van der Waals surface area contributed by atoms with Gasteiger partial charge in [0.1, 0.15) is 23.1 Å². The van der Waals surface area contributed by atoms with Crippen LogP contribution in [-0.4, -0.2) is 56.1 Å². The molecule has 0 saturated carbocycles. The van der Waals surface area contributed by atoms with E-state index >= 15 is 0 Å². The third-order valence-electron chi connectivity index (χ3n) is 4.11. The second-order valence-electron chi connectivity index (χ2n) is 5.61. The third-order valence-corrected chi connectivity index (χ3v) is 4.11. The number of hydrogen-bond acceptors (Lipinski definition) is 6. The Morgan fingerprint density at radius 2 is 1.80 bits per heavy atom. The number of carbonyl (C=O) groups excluding carboxylic acids is 3. The van der Waals surface area contributed by atoms with Crippen LogP contribution in [0.25, 0.3) is 0 Å². The minimum atomic E-state index is -0.740. The van der Waals surface area contributed by atoms with Crippen molar-refractivity contribution < 1.29 is 28.6 Å². The van der Waals surface area contributed by atoms with Gasteiger partial charge >= 0.3 is 5.97 Å². The number of esters is 1. The van der Waals surface area contributed by atoms with Crippen LogP contribution in [0.2, 0.25) is 0 Å². The van der Waals surface area contributed by atoms with Gasteiger partial charge in [-0.05, 0) is 31.4 Å². The van der Waals surface area contributed by atoms with Crippen LogP contribution in [-0.2, 0) is 14.3 Å². The zero-order chi connectivity index (χ0) is 18.4. The summed E-state index contributed by atoms with van der Waals surface area (Å²) >= 11 is 0. The Balaban J connectivity index is 2.07. The number of piperidine rings is 1. The minimum absolute atomic E-state index is 0.102. The van der Waals surface area contributed by atoms with E-state index in [1.165, 1.54) is 19.1 Å². The van der Waals surface area contributed by atoms with E-state index in [9.17, 15) is 14.4 Å². The highest BCUT2D eigenvalue weighted by atomic mass is 16.5. The lowest BCUT2D eigenvalue weighted by molar-refractivity contribution is -0.143. The second-order valence-corrected chi connectivity index (χ2v) is 5.61. The van der Waals surface area contributed by atoms with Crippen molar-refractivity contribution in [3.63, 3.8) is 0 Å². The lowest BCUT2D eigenvalue weighted by atomic mass is 10.0. The molecule has 2 amide bonds. The molecule has 2 rings (SSSR count). The number of ether oxygens (including phenoxy) is 3. The summed E-state index contributed by atoms with van der Waals surface area (Å²) in [6.07, 6.45) is 2.13. The molecule has 136 valence electrons. The van der Waals surface area contributed by atoms with Crippen molar-refractivity contribution in [1.29, 1.82) is 0 Å². The fourth-order valence-electron chi connectivity index (χ4n) is 2.86. The van der Waals surface area contributed by atoms with Gasteiger partial charge in [0.15, 0.2) is 6.61 Å². The van der Waals surface area contributed by atoms with Crippen molar-refractivity contribution in [2.75, 3.05) is 27.4 Å². The quantitative estimate of drug-likeness (QED) is 0.758. The van der Waals surface area contributed by atoms with Gasteiger partial charge in [0.2, 0.25) is 5.91 Å². The predicted molar refractivity (Wildman–Crippen MR) is 88.4 cm³/mol. The van der Waals surface area contributed by atoms with E-state index in [1.807, 2.05) is 0 Å². The van der Waals surface area contributed by atoms with Crippen molar-refractivity contribution in [2.24, 2.45) is 5.73 Å². The number of hydrogen-bond donors (Lipinski definition) is 1. The van der Waals surface area contributed by atoms with E-state index in [0.717, 1.165) is 12.8 Å². The van der Waals surface area contributed by atoms with Crippen molar-refractivity contribution in [1.82, 2.24) is 4.90 Å². The molecule has 0 aliphatic carbocycles. The zero-order valence-electron chi connectivity index (χ0n) is 14.3. The van der Waals surface area contributed by atoms with Gasteiger partial charge in [0.25, 0.3) is 5.91 Å². The van der Waals surface area contributed by atoms with Gasteiger partial charge in [-0.25, -0.2) is 4.79 Å². The number of likely N-dealkylation sites (tertiary alicyclic amines) is 1. The Morgan fingerprint density at radius 3 is 2.36 bits per heavy atom. The number of benzene rings is 1. The summed E-state index contributed by atoms with van der Waals surface area (Å²) in [6.45, 7) is -0.0637. The van der Waals surface area contributed by atoms with E-state index in [1.54, 1.807) is 18.2 Å². The standard InChI is InChI=1S/C17H22N2O6/c1-23-12-7-5-8-13(24-2)15(12)17(22)25-10-14(20)19-9-4-3-6-11(19)16(18)21/h5,7-8,11H,3-4,6,9-10H2,1-2H3,(H2,18,21)/t11-/m0/s1. The maximum Gasteiger partial charge on any atom is 0.346 e. The molecule has 8 nitrogen and oxygen atoms in total. The van der Waals surface area contributed by atoms with Crippen molar-refractivity contribution in [3.8, 4) is 11.5 Å². The van der Waals surface area contributed by atoms with Crippen LogP contribution in [0.15, 0.2) is 18.2 Å². The summed E-state index contributed by atoms with van der Waals surface area (Å²) in [5.41, 5.74) is 5.45. The number of primary amides is 1. The van der Waals surface area contributed by atoms with Gasteiger partial charge < -0.3 is 24.8 Å². The highest BCUT2D eigenvalue weighted by molar-refractivity contribution is 5.97. The number of rotatable bonds is 6. The number of methoxy groups -OCH3 is 2. The van der Waals surface area contributed by atoms with E-state index in [0.29, 0.717) is 13.0 Å². The number of nitrogens with two attached hydrogens (primary N) is 1. The first kappa shape index (κ1) is 18.6. The van der Waals surface area contributed by atoms with E-state index in [2.05, 4.69) is 0 Å². The van der Waals surface area contributed by atoms with Crippen LogP contribution in [0.4, 0.5) is 0 Å². The highest BCUT2D eigenvalue weighted by Gasteiger charge is 2.31. The van der Waals surface area contributed by atoms with Gasteiger partial charge in [0, 0.05) is 6.54 Å². The highest BCUT2D eigenvalue weighted by Crippen LogP contribution is 2.29. The van der Waals surface area contributed by atoms with Crippen LogP contribution in [0.3, 0.4) is 0 Å². The second kappa shape index (κ2) is 8.36. The molecule has 0 unspecified atom stereocenters. The molecule has 0 radical (unpaired) electrons. The number of nitrogens with zero attached hydrogens (tertiary/aromatic N) is 1. The molecule has 2 N–H and O–H groups in total. The average molecular weight is 350 g/mol. The Labute approximate surface area is 145 Å². The Hall–Kier alpha value is -2.77. The molecule has 1 aliphatic heterocycles. The largest absolute Gasteiger partial charge is 0.496 e. The molecule has 8 heteroatoms. The van der Waals surface area contributed by atoms with E-state index in [-0.39, 0.29) is 17.1 Å². The lowest BCUT2D eigenvalue weighted by Crippen LogP contribution is -2.51. The zero-order valence-corrected chi connectivity index (χ0v) is 14.3. The summed E-state index contributed by atoms with van der Waals surface area (Å²) in [5, 5.41) is 0. The van der Waals surface area contributed by atoms with Crippen LogP contribution in [0, 0.1) is 0 Å². The first-order valence-corrected chi connectivity index (χ1v) is 7.96. The van der Waals surface area contributed by atoms with E-state index < -0.39 is 30.4 Å². The summed E-state index contributed by atoms with van der Waals surface area (Å²) in [7, 11) is 2.84. The molecule has 0 aromatic heterocycles. The van der Waals surface area contributed by atoms with Crippen LogP contribution >= 0.6 is 0 Å².